The van der Waals surface area contributed by atoms with Crippen LogP contribution in [0.1, 0.15) is 58.1 Å². The van der Waals surface area contributed by atoms with Gasteiger partial charge in [0.2, 0.25) is 5.95 Å². The zero-order valence-electron chi connectivity index (χ0n) is 18.5. The van der Waals surface area contributed by atoms with E-state index in [1.165, 1.54) is 18.5 Å². The van der Waals surface area contributed by atoms with E-state index >= 15 is 0 Å². The van der Waals surface area contributed by atoms with E-state index in [0.717, 1.165) is 56.6 Å². The van der Waals surface area contributed by atoms with E-state index in [2.05, 4.69) is 31.5 Å². The molecule has 2 aromatic rings. The summed E-state index contributed by atoms with van der Waals surface area (Å²) in [5.41, 5.74) is 0.950. The van der Waals surface area contributed by atoms with Gasteiger partial charge in [-0.3, -0.25) is 5.10 Å². The first-order valence-electron chi connectivity index (χ1n) is 11.2. The number of carbonyl (C=O) groups excluding carboxylic acids is 1. The van der Waals surface area contributed by atoms with Crippen molar-refractivity contribution in [3.05, 3.63) is 24.0 Å². The van der Waals surface area contributed by atoms with Gasteiger partial charge in [0.15, 0.2) is 5.82 Å². The van der Waals surface area contributed by atoms with E-state index in [-0.39, 0.29) is 11.5 Å². The minimum Gasteiger partial charge on any atom is -0.444 e. The number of aromatic nitrogens is 4. The average molecular weight is 426 g/mol. The third kappa shape index (κ3) is 4.45. The number of carbonyl (C=O) groups is 1. The van der Waals surface area contributed by atoms with Gasteiger partial charge in [-0.1, -0.05) is 0 Å². The molecule has 31 heavy (non-hydrogen) atoms. The third-order valence-electron chi connectivity index (χ3n) is 6.33. The third-order valence-corrected chi connectivity index (χ3v) is 6.33. The normalized spacial score (nSPS) is 20.5. The second-order valence-corrected chi connectivity index (χ2v) is 10.2. The van der Waals surface area contributed by atoms with Gasteiger partial charge in [-0.15, -0.1) is 0 Å². The minimum absolute atomic E-state index is 0.203. The van der Waals surface area contributed by atoms with Crippen molar-refractivity contribution >= 4 is 23.7 Å². The molecule has 2 N–H and O–H groups in total. The highest BCUT2D eigenvalue weighted by Crippen LogP contribution is 2.42. The number of aromatic amines is 1. The van der Waals surface area contributed by atoms with Crippen LogP contribution in [0.25, 0.3) is 0 Å². The molecule has 0 radical (unpaired) electrons. The zero-order valence-corrected chi connectivity index (χ0v) is 18.5. The Bertz CT molecular complexity index is 947. The molecule has 4 heterocycles. The topological polar surface area (TPSA) is 99.3 Å². The lowest BCUT2D eigenvalue weighted by Gasteiger charge is -2.53. The number of H-pyrrole nitrogens is 1. The maximum absolute atomic E-state index is 12.2. The zero-order chi connectivity index (χ0) is 21.6. The van der Waals surface area contributed by atoms with Gasteiger partial charge in [0, 0.05) is 55.5 Å². The number of anilines is 3. The van der Waals surface area contributed by atoms with Crippen LogP contribution in [0, 0.1) is 5.41 Å². The highest BCUT2D eigenvalue weighted by molar-refractivity contribution is 5.69. The van der Waals surface area contributed by atoms with Crippen molar-refractivity contribution in [2.45, 2.75) is 58.0 Å². The first-order valence-corrected chi connectivity index (χ1v) is 11.2. The van der Waals surface area contributed by atoms with Crippen molar-refractivity contribution in [3.8, 4) is 0 Å². The maximum Gasteiger partial charge on any atom is 0.410 e. The molecule has 1 saturated carbocycles. The summed E-state index contributed by atoms with van der Waals surface area (Å²) < 4.78 is 5.49. The Balaban J connectivity index is 1.15. The molecule has 2 aromatic heterocycles. The largest absolute Gasteiger partial charge is 0.444 e. The number of nitrogens with zero attached hydrogens (tertiary/aromatic N) is 5. The molecule has 1 amide bonds. The van der Waals surface area contributed by atoms with E-state index in [1.807, 2.05) is 31.7 Å². The summed E-state index contributed by atoms with van der Waals surface area (Å²) in [5, 5.41) is 10.7. The Labute approximate surface area is 182 Å². The number of nitrogens with one attached hydrogen (secondary N) is 2. The number of hydrogen-bond acceptors (Lipinski definition) is 7. The molecule has 9 heteroatoms. The molecule has 1 aliphatic carbocycles. The van der Waals surface area contributed by atoms with E-state index in [9.17, 15) is 4.79 Å². The van der Waals surface area contributed by atoms with Crippen molar-refractivity contribution < 1.29 is 9.53 Å². The van der Waals surface area contributed by atoms with Gasteiger partial charge in [0.25, 0.3) is 0 Å². The highest BCUT2D eigenvalue weighted by Gasteiger charge is 2.48. The molecule has 0 atom stereocenters. The lowest BCUT2D eigenvalue weighted by Crippen LogP contribution is -2.62. The van der Waals surface area contributed by atoms with Gasteiger partial charge in [-0.2, -0.15) is 10.1 Å². The Morgan fingerprint density at radius 2 is 1.97 bits per heavy atom. The quantitative estimate of drug-likeness (QED) is 0.771. The Morgan fingerprint density at radius 1 is 1.23 bits per heavy atom. The van der Waals surface area contributed by atoms with Gasteiger partial charge >= 0.3 is 6.09 Å². The molecule has 0 aromatic carbocycles. The fourth-order valence-electron chi connectivity index (χ4n) is 4.42. The first-order chi connectivity index (χ1) is 14.8. The summed E-state index contributed by atoms with van der Waals surface area (Å²) in [5.74, 6) is 2.92. The lowest BCUT2D eigenvalue weighted by molar-refractivity contribution is -0.0435. The summed E-state index contributed by atoms with van der Waals surface area (Å²) >= 11 is 0. The van der Waals surface area contributed by atoms with Crippen molar-refractivity contribution in [1.82, 2.24) is 25.1 Å². The fourth-order valence-corrected chi connectivity index (χ4v) is 4.42. The van der Waals surface area contributed by atoms with Gasteiger partial charge in [0.1, 0.15) is 11.4 Å². The number of likely N-dealkylation sites (tertiary alicyclic amines) is 1. The van der Waals surface area contributed by atoms with Crippen LogP contribution in [0.5, 0.6) is 0 Å². The summed E-state index contributed by atoms with van der Waals surface area (Å²) in [4.78, 5) is 25.5. The monoisotopic (exact) mass is 425 g/mol. The molecule has 166 valence electrons. The van der Waals surface area contributed by atoms with Gasteiger partial charge in [-0.25, -0.2) is 9.78 Å². The highest BCUT2D eigenvalue weighted by atomic mass is 16.6. The van der Waals surface area contributed by atoms with Gasteiger partial charge in [0.05, 0.1) is 0 Å². The maximum atomic E-state index is 12.2. The number of piperidine rings is 1. The Hall–Kier alpha value is -2.84. The molecule has 3 fully saturated rings. The lowest BCUT2D eigenvalue weighted by atomic mass is 9.72. The van der Waals surface area contributed by atoms with Crippen molar-refractivity contribution in [2.24, 2.45) is 5.41 Å². The number of rotatable bonds is 4. The van der Waals surface area contributed by atoms with Crippen molar-refractivity contribution in [2.75, 3.05) is 36.4 Å². The SMILES string of the molecule is CC(C)(C)OC(=O)N1CC2(CCN(c3nccc(Nc4cc(C5CC5)[nH]n4)n3)CC2)C1. The fraction of sp³-hybridized carbons (Fsp3) is 0.636. The molecule has 2 saturated heterocycles. The molecule has 9 nitrogen and oxygen atoms in total. The number of hydrogen-bond donors (Lipinski definition) is 2. The summed E-state index contributed by atoms with van der Waals surface area (Å²) in [7, 11) is 0. The van der Waals surface area contributed by atoms with Crippen LogP contribution < -0.4 is 10.2 Å². The van der Waals surface area contributed by atoms with Crippen LogP contribution in [0.2, 0.25) is 0 Å². The smallest absolute Gasteiger partial charge is 0.410 e. The standard InChI is InChI=1S/C22H31N7O2/c1-21(2,3)31-20(30)29-13-22(14-29)7-10-28(11-8-22)19-23-9-6-17(25-19)24-18-12-16(26-27-18)15-4-5-15/h6,9,12,15H,4-5,7-8,10-11,13-14H2,1-3H3,(H2,23,24,25,26,27). The predicted molar refractivity (Wildman–Crippen MR) is 118 cm³/mol. The van der Waals surface area contributed by atoms with Crippen LogP contribution >= 0.6 is 0 Å². The molecule has 0 unspecified atom stereocenters. The van der Waals surface area contributed by atoms with Crippen LogP contribution in [-0.4, -0.2) is 62.9 Å². The minimum atomic E-state index is -0.449. The van der Waals surface area contributed by atoms with Crippen LogP contribution in [-0.2, 0) is 4.74 Å². The van der Waals surface area contributed by atoms with E-state index < -0.39 is 5.60 Å². The van der Waals surface area contributed by atoms with Gasteiger partial charge in [-0.05, 0) is 52.5 Å². The predicted octanol–water partition coefficient (Wildman–Crippen LogP) is 3.66. The Kier molecular flexibility index (Phi) is 4.79. The molecule has 5 rings (SSSR count). The molecule has 2 aliphatic heterocycles. The van der Waals surface area contributed by atoms with E-state index in [0.29, 0.717) is 5.92 Å². The van der Waals surface area contributed by atoms with Crippen molar-refractivity contribution in [1.29, 1.82) is 0 Å². The van der Waals surface area contributed by atoms with Crippen molar-refractivity contribution in [3.63, 3.8) is 0 Å². The summed E-state index contributed by atoms with van der Waals surface area (Å²) in [6.07, 6.45) is 6.12. The summed E-state index contributed by atoms with van der Waals surface area (Å²) in [6, 6.07) is 3.93. The second-order valence-electron chi connectivity index (χ2n) is 10.2. The second kappa shape index (κ2) is 7.39. The molecule has 1 spiro atoms. The molecular formula is C22H31N7O2. The van der Waals surface area contributed by atoms with Crippen LogP contribution in [0.4, 0.5) is 22.4 Å². The summed E-state index contributed by atoms with van der Waals surface area (Å²) in [6.45, 7) is 9.04. The number of amides is 1. The van der Waals surface area contributed by atoms with Crippen LogP contribution in [0.15, 0.2) is 18.3 Å². The molecule has 3 aliphatic rings. The molecule has 0 bridgehead atoms. The van der Waals surface area contributed by atoms with E-state index in [1.54, 1.807) is 6.20 Å². The van der Waals surface area contributed by atoms with Gasteiger partial charge < -0.3 is 19.9 Å². The van der Waals surface area contributed by atoms with Crippen LogP contribution in [0.3, 0.4) is 0 Å². The molecular weight excluding hydrogens is 394 g/mol. The average Bonchev–Trinajstić information content (AvgIpc) is 3.44. The number of ether oxygens (including phenoxy) is 1. The first kappa shape index (κ1) is 20.1. The van der Waals surface area contributed by atoms with E-state index in [4.69, 9.17) is 9.72 Å². The Morgan fingerprint density at radius 3 is 2.65 bits per heavy atom.